The average molecular weight is 266 g/mol. The van der Waals surface area contributed by atoms with Crippen LogP contribution >= 0.6 is 0 Å². The van der Waals surface area contributed by atoms with Crippen molar-refractivity contribution in [1.29, 1.82) is 0 Å². The molecule has 1 aliphatic carbocycles. The van der Waals surface area contributed by atoms with E-state index in [-0.39, 0.29) is 0 Å². The van der Waals surface area contributed by atoms with E-state index >= 15 is 0 Å². The Hall–Kier alpha value is -0.0800. The molecule has 19 heavy (non-hydrogen) atoms. The van der Waals surface area contributed by atoms with Gasteiger partial charge in [0, 0.05) is 31.2 Å². The summed E-state index contributed by atoms with van der Waals surface area (Å²) in [5.74, 6) is 2.62. The first-order chi connectivity index (χ1) is 9.08. The van der Waals surface area contributed by atoms with Gasteiger partial charge in [-0.3, -0.25) is 4.90 Å². The summed E-state index contributed by atoms with van der Waals surface area (Å²) in [6.45, 7) is 14.4. The molecule has 1 saturated heterocycles. The summed E-state index contributed by atoms with van der Waals surface area (Å²) in [6, 6.07) is 2.29. The van der Waals surface area contributed by atoms with Gasteiger partial charge in [-0.05, 0) is 37.0 Å². The zero-order valence-electron chi connectivity index (χ0n) is 13.7. The highest BCUT2D eigenvalue weighted by atomic mass is 15.3. The summed E-state index contributed by atoms with van der Waals surface area (Å²) in [5, 5.41) is 3.75. The standard InChI is InChI=1S/C17H34N2/c1-6-14-8-9-16(13(14)5)19-11-15(7-2)18-10-17(19)12(3)4/h12-18H,6-11H2,1-5H3. The van der Waals surface area contributed by atoms with E-state index in [1.165, 1.54) is 38.8 Å². The van der Waals surface area contributed by atoms with Crippen LogP contribution in [-0.4, -0.2) is 36.1 Å². The van der Waals surface area contributed by atoms with E-state index in [4.69, 9.17) is 0 Å². The molecule has 0 radical (unpaired) electrons. The highest BCUT2D eigenvalue weighted by molar-refractivity contribution is 4.96. The number of hydrogen-bond acceptors (Lipinski definition) is 2. The van der Waals surface area contributed by atoms with Crippen LogP contribution in [-0.2, 0) is 0 Å². The van der Waals surface area contributed by atoms with Gasteiger partial charge in [-0.1, -0.05) is 41.0 Å². The molecule has 1 aliphatic heterocycles. The molecular weight excluding hydrogens is 232 g/mol. The maximum atomic E-state index is 3.75. The SMILES string of the molecule is CCC1CN(C2CCC(CC)C2C)C(C(C)C)CN1. The smallest absolute Gasteiger partial charge is 0.0247 e. The van der Waals surface area contributed by atoms with Crippen LogP contribution in [0.2, 0.25) is 0 Å². The minimum atomic E-state index is 0.711. The van der Waals surface area contributed by atoms with Crippen LogP contribution in [0.3, 0.4) is 0 Å². The molecule has 2 rings (SSSR count). The van der Waals surface area contributed by atoms with Crippen molar-refractivity contribution in [3.05, 3.63) is 0 Å². The molecule has 1 N–H and O–H groups in total. The van der Waals surface area contributed by atoms with Gasteiger partial charge >= 0.3 is 0 Å². The molecule has 0 aromatic heterocycles. The third-order valence-corrected chi connectivity index (χ3v) is 5.87. The van der Waals surface area contributed by atoms with Gasteiger partial charge in [-0.2, -0.15) is 0 Å². The van der Waals surface area contributed by atoms with Gasteiger partial charge in [0.15, 0.2) is 0 Å². The lowest BCUT2D eigenvalue weighted by Crippen LogP contribution is -2.61. The van der Waals surface area contributed by atoms with Crippen molar-refractivity contribution in [3.8, 4) is 0 Å². The third-order valence-electron chi connectivity index (χ3n) is 5.87. The predicted octanol–water partition coefficient (Wildman–Crippen LogP) is 3.52. The molecule has 1 saturated carbocycles. The molecule has 2 fully saturated rings. The van der Waals surface area contributed by atoms with Crippen molar-refractivity contribution in [2.45, 2.75) is 78.4 Å². The fourth-order valence-corrected chi connectivity index (χ4v) is 4.40. The fraction of sp³-hybridized carbons (Fsp3) is 1.00. The van der Waals surface area contributed by atoms with Crippen LogP contribution < -0.4 is 5.32 Å². The Labute approximate surface area is 120 Å². The van der Waals surface area contributed by atoms with Gasteiger partial charge in [-0.25, -0.2) is 0 Å². The highest BCUT2D eigenvalue weighted by Gasteiger charge is 2.40. The molecule has 0 aromatic carbocycles. The first-order valence-electron chi connectivity index (χ1n) is 8.57. The Morgan fingerprint density at radius 3 is 2.42 bits per heavy atom. The largest absolute Gasteiger partial charge is 0.311 e. The van der Waals surface area contributed by atoms with Gasteiger partial charge in [0.05, 0.1) is 0 Å². The molecule has 2 nitrogen and oxygen atoms in total. The van der Waals surface area contributed by atoms with Crippen molar-refractivity contribution >= 4 is 0 Å². The normalized spacial score (nSPS) is 41.1. The van der Waals surface area contributed by atoms with E-state index in [1.807, 2.05) is 0 Å². The Bertz CT molecular complexity index is 276. The average Bonchev–Trinajstić information content (AvgIpc) is 2.78. The van der Waals surface area contributed by atoms with Crippen molar-refractivity contribution in [1.82, 2.24) is 10.2 Å². The Kier molecular flexibility index (Phi) is 5.30. The Morgan fingerprint density at radius 1 is 1.16 bits per heavy atom. The lowest BCUT2D eigenvalue weighted by molar-refractivity contribution is 0.0367. The van der Waals surface area contributed by atoms with E-state index in [0.717, 1.165) is 29.8 Å². The van der Waals surface area contributed by atoms with Crippen LogP contribution in [0.4, 0.5) is 0 Å². The number of rotatable bonds is 4. The van der Waals surface area contributed by atoms with E-state index in [9.17, 15) is 0 Å². The molecule has 0 aromatic rings. The van der Waals surface area contributed by atoms with Crippen LogP contribution in [0.5, 0.6) is 0 Å². The second-order valence-electron chi connectivity index (χ2n) is 7.19. The van der Waals surface area contributed by atoms with Crippen LogP contribution in [0.1, 0.15) is 60.3 Å². The number of nitrogens with zero attached hydrogens (tertiary/aromatic N) is 1. The Balaban J connectivity index is 2.09. The monoisotopic (exact) mass is 266 g/mol. The van der Waals surface area contributed by atoms with Crippen molar-refractivity contribution in [2.75, 3.05) is 13.1 Å². The first-order valence-corrected chi connectivity index (χ1v) is 8.57. The molecule has 112 valence electrons. The van der Waals surface area contributed by atoms with Crippen molar-refractivity contribution in [3.63, 3.8) is 0 Å². The van der Waals surface area contributed by atoms with Crippen LogP contribution in [0, 0.1) is 17.8 Å². The summed E-state index contributed by atoms with van der Waals surface area (Å²) in [5.41, 5.74) is 0. The second kappa shape index (κ2) is 6.58. The molecule has 5 atom stereocenters. The number of nitrogens with one attached hydrogen (secondary N) is 1. The van der Waals surface area contributed by atoms with Crippen molar-refractivity contribution in [2.24, 2.45) is 17.8 Å². The summed E-state index contributed by atoms with van der Waals surface area (Å²) < 4.78 is 0. The van der Waals surface area contributed by atoms with Gasteiger partial charge in [0.25, 0.3) is 0 Å². The maximum Gasteiger partial charge on any atom is 0.0247 e. The molecule has 5 unspecified atom stereocenters. The van der Waals surface area contributed by atoms with Crippen molar-refractivity contribution < 1.29 is 0 Å². The molecule has 1 heterocycles. The molecule has 0 bridgehead atoms. The second-order valence-corrected chi connectivity index (χ2v) is 7.19. The fourth-order valence-electron chi connectivity index (χ4n) is 4.40. The maximum absolute atomic E-state index is 3.75. The zero-order chi connectivity index (χ0) is 14.0. The number of piperazine rings is 1. The zero-order valence-corrected chi connectivity index (χ0v) is 13.7. The van der Waals surface area contributed by atoms with Gasteiger partial charge in [0.2, 0.25) is 0 Å². The minimum Gasteiger partial charge on any atom is -0.311 e. The summed E-state index contributed by atoms with van der Waals surface area (Å²) in [4.78, 5) is 2.88. The van der Waals surface area contributed by atoms with Gasteiger partial charge < -0.3 is 5.32 Å². The molecule has 2 heteroatoms. The van der Waals surface area contributed by atoms with E-state index in [1.54, 1.807) is 0 Å². The molecule has 2 aliphatic rings. The molecular formula is C17H34N2. The summed E-state index contributed by atoms with van der Waals surface area (Å²) in [7, 11) is 0. The molecule has 0 spiro atoms. The topological polar surface area (TPSA) is 15.3 Å². The highest BCUT2D eigenvalue weighted by Crippen LogP contribution is 2.39. The third kappa shape index (κ3) is 3.16. The van der Waals surface area contributed by atoms with E-state index in [2.05, 4.69) is 44.8 Å². The van der Waals surface area contributed by atoms with Crippen LogP contribution in [0.15, 0.2) is 0 Å². The Morgan fingerprint density at radius 2 is 1.89 bits per heavy atom. The summed E-state index contributed by atoms with van der Waals surface area (Å²) in [6.07, 6.45) is 5.51. The lowest BCUT2D eigenvalue weighted by atomic mass is 9.89. The first kappa shape index (κ1) is 15.3. The van der Waals surface area contributed by atoms with Gasteiger partial charge in [0.1, 0.15) is 0 Å². The minimum absolute atomic E-state index is 0.711. The van der Waals surface area contributed by atoms with E-state index in [0.29, 0.717) is 6.04 Å². The van der Waals surface area contributed by atoms with Crippen LogP contribution in [0.25, 0.3) is 0 Å². The van der Waals surface area contributed by atoms with Gasteiger partial charge in [-0.15, -0.1) is 0 Å². The summed E-state index contributed by atoms with van der Waals surface area (Å²) >= 11 is 0. The lowest BCUT2D eigenvalue weighted by Gasteiger charge is -2.47. The molecule has 0 amide bonds. The van der Waals surface area contributed by atoms with E-state index < -0.39 is 0 Å². The number of hydrogen-bond donors (Lipinski definition) is 1. The quantitative estimate of drug-likeness (QED) is 0.837. The predicted molar refractivity (Wildman–Crippen MR) is 83.4 cm³/mol.